The predicted octanol–water partition coefficient (Wildman–Crippen LogP) is 6.25. The normalized spacial score (nSPS) is 14.8. The minimum atomic E-state index is -0.738. The number of rotatable bonds is 5. The van der Waals surface area contributed by atoms with Gasteiger partial charge in [0.05, 0.1) is 16.6 Å². The summed E-state index contributed by atoms with van der Waals surface area (Å²) in [6, 6.07) is 13.5. The van der Waals surface area contributed by atoms with Crippen LogP contribution in [0.4, 0.5) is 9.80 Å². The maximum atomic E-state index is 12.3. The molecule has 5 rings (SSSR count). The molecule has 6 nitrogen and oxygen atoms in total. The van der Waals surface area contributed by atoms with E-state index in [0.29, 0.717) is 23.4 Å². The Balaban J connectivity index is 1.27. The summed E-state index contributed by atoms with van der Waals surface area (Å²) in [5, 5.41) is 12.8. The van der Waals surface area contributed by atoms with Gasteiger partial charge in [-0.2, -0.15) is 4.37 Å². The molecule has 33 heavy (non-hydrogen) atoms. The molecule has 1 saturated carbocycles. The highest BCUT2D eigenvalue weighted by Gasteiger charge is 2.53. The monoisotopic (exact) mass is 494 g/mol. The van der Waals surface area contributed by atoms with E-state index in [9.17, 15) is 14.7 Å². The van der Waals surface area contributed by atoms with Crippen molar-refractivity contribution in [3.8, 4) is 11.8 Å². The maximum absolute atomic E-state index is 12.3. The Labute approximate surface area is 202 Å². The van der Waals surface area contributed by atoms with E-state index in [1.54, 1.807) is 6.20 Å². The number of carbonyl (C=O) groups excluding carboxylic acids is 1. The molecule has 166 valence electrons. The van der Waals surface area contributed by atoms with E-state index >= 15 is 0 Å². The van der Waals surface area contributed by atoms with Crippen LogP contribution in [0.25, 0.3) is 9.40 Å². The largest absolute Gasteiger partial charge is 0.481 e. The second-order valence-electron chi connectivity index (χ2n) is 7.74. The fraction of sp³-hybridized carbons (Fsp3) is 0.208. The number of hydrogen-bond donors (Lipinski definition) is 2. The summed E-state index contributed by atoms with van der Waals surface area (Å²) in [6.07, 6.45) is 2.09. The number of carboxylic acid groups (broad SMARTS) is 1. The lowest BCUT2D eigenvalue weighted by atomic mass is 10.1. The smallest absolute Gasteiger partial charge is 0.412 e. The van der Waals surface area contributed by atoms with Gasteiger partial charge in [0.25, 0.3) is 0 Å². The van der Waals surface area contributed by atoms with Gasteiger partial charge in [0.15, 0.2) is 0 Å². The van der Waals surface area contributed by atoms with Crippen molar-refractivity contribution in [3.63, 3.8) is 0 Å². The van der Waals surface area contributed by atoms with Gasteiger partial charge in [0.1, 0.15) is 16.5 Å². The van der Waals surface area contributed by atoms with E-state index in [4.69, 9.17) is 4.74 Å². The van der Waals surface area contributed by atoms with E-state index in [1.807, 2.05) is 49.4 Å². The fourth-order valence-electron chi connectivity index (χ4n) is 3.45. The third-order valence-electron chi connectivity index (χ3n) is 5.50. The number of nitrogens with zero attached hydrogens (tertiary/aromatic N) is 1. The van der Waals surface area contributed by atoms with E-state index in [1.165, 1.54) is 22.7 Å². The zero-order valence-electron chi connectivity index (χ0n) is 17.5. The maximum Gasteiger partial charge on any atom is 0.412 e. The molecule has 3 aromatic heterocycles. The number of benzene rings is 1. The van der Waals surface area contributed by atoms with Crippen LogP contribution in [0.1, 0.15) is 46.8 Å². The lowest BCUT2D eigenvalue weighted by Gasteiger charge is -2.13. The Morgan fingerprint density at radius 3 is 2.61 bits per heavy atom. The summed E-state index contributed by atoms with van der Waals surface area (Å²) < 4.78 is 11.7. The van der Waals surface area contributed by atoms with Gasteiger partial charge >= 0.3 is 12.1 Å². The molecule has 0 saturated heterocycles. The van der Waals surface area contributed by atoms with Crippen LogP contribution in [0.5, 0.6) is 0 Å². The summed E-state index contributed by atoms with van der Waals surface area (Å²) >= 11 is 4.21. The quantitative estimate of drug-likeness (QED) is 0.320. The molecular formula is C24H18N2O4S3. The lowest BCUT2D eigenvalue weighted by Crippen LogP contribution is -2.17. The third kappa shape index (κ3) is 4.37. The van der Waals surface area contributed by atoms with Gasteiger partial charge in [0.2, 0.25) is 0 Å². The molecule has 0 bridgehead atoms. The highest BCUT2D eigenvalue weighted by atomic mass is 32.1. The van der Waals surface area contributed by atoms with Crippen molar-refractivity contribution in [2.24, 2.45) is 0 Å². The Morgan fingerprint density at radius 2 is 1.91 bits per heavy atom. The second kappa shape index (κ2) is 8.63. The average Bonchev–Trinajstić information content (AvgIpc) is 3.12. The standard InChI is InChI=1S/C24H18N2O4S3/c1-14(15-5-3-2-4-6-15)30-23(29)26-21-16(13-25-33-21)7-8-17-11-18-19(31-17)12-20(32-18)24(9-10-24)22(27)28/h2-6,11-14H,9-10H2,1H3,(H,26,29)(H,27,28). The van der Waals surface area contributed by atoms with Crippen molar-refractivity contribution < 1.29 is 19.4 Å². The number of thiophene rings is 2. The zero-order chi connectivity index (χ0) is 23.0. The van der Waals surface area contributed by atoms with E-state index in [2.05, 4.69) is 21.5 Å². The first kappa shape index (κ1) is 21.6. The molecule has 1 aliphatic rings. The van der Waals surface area contributed by atoms with Gasteiger partial charge in [-0.25, -0.2) is 4.79 Å². The van der Waals surface area contributed by atoms with Gasteiger partial charge in [-0.15, -0.1) is 22.7 Å². The number of ether oxygens (including phenoxy) is 1. The fourth-order valence-corrected chi connectivity index (χ4v) is 6.53. The summed E-state index contributed by atoms with van der Waals surface area (Å²) in [5.74, 6) is 5.47. The Kier molecular flexibility index (Phi) is 5.66. The molecule has 0 aliphatic heterocycles. The molecule has 1 unspecified atom stereocenters. The molecule has 3 heterocycles. The van der Waals surface area contributed by atoms with Crippen molar-refractivity contribution in [1.29, 1.82) is 0 Å². The van der Waals surface area contributed by atoms with Crippen LogP contribution in [0.2, 0.25) is 0 Å². The minimum absolute atomic E-state index is 0.381. The molecule has 1 aromatic carbocycles. The molecule has 1 atom stereocenters. The zero-order valence-corrected chi connectivity index (χ0v) is 19.9. The lowest BCUT2D eigenvalue weighted by molar-refractivity contribution is -0.139. The molecule has 0 radical (unpaired) electrons. The topological polar surface area (TPSA) is 88.5 Å². The predicted molar refractivity (Wildman–Crippen MR) is 131 cm³/mol. The molecular weight excluding hydrogens is 476 g/mol. The van der Waals surface area contributed by atoms with Crippen molar-refractivity contribution in [3.05, 3.63) is 69.5 Å². The number of amides is 1. The number of carbonyl (C=O) groups is 2. The molecule has 1 aliphatic carbocycles. The van der Waals surface area contributed by atoms with Crippen molar-refractivity contribution in [2.45, 2.75) is 31.3 Å². The van der Waals surface area contributed by atoms with Gasteiger partial charge < -0.3 is 9.84 Å². The van der Waals surface area contributed by atoms with Crippen molar-refractivity contribution in [2.75, 3.05) is 5.32 Å². The summed E-state index contributed by atoms with van der Waals surface area (Å²) in [6.45, 7) is 1.82. The molecule has 1 amide bonds. The van der Waals surface area contributed by atoms with E-state index in [0.717, 1.165) is 36.3 Å². The number of aromatic nitrogens is 1. The first-order valence-electron chi connectivity index (χ1n) is 10.2. The highest BCUT2D eigenvalue weighted by molar-refractivity contribution is 7.28. The first-order valence-corrected chi connectivity index (χ1v) is 12.6. The van der Waals surface area contributed by atoms with Crippen LogP contribution in [0.3, 0.4) is 0 Å². The van der Waals surface area contributed by atoms with Gasteiger partial charge in [-0.1, -0.05) is 42.2 Å². The van der Waals surface area contributed by atoms with Crippen LogP contribution in [-0.2, 0) is 14.9 Å². The Hall–Kier alpha value is -3.19. The van der Waals surface area contributed by atoms with Crippen molar-refractivity contribution in [1.82, 2.24) is 4.37 Å². The number of hydrogen-bond acceptors (Lipinski definition) is 7. The van der Waals surface area contributed by atoms with E-state index < -0.39 is 17.5 Å². The van der Waals surface area contributed by atoms with E-state index in [-0.39, 0.29) is 6.10 Å². The van der Waals surface area contributed by atoms with Crippen LogP contribution < -0.4 is 5.32 Å². The number of anilines is 1. The number of fused-ring (bicyclic) bond motifs is 1. The second-order valence-corrected chi connectivity index (χ2v) is 10.7. The van der Waals surface area contributed by atoms with Crippen LogP contribution >= 0.6 is 34.2 Å². The van der Waals surface area contributed by atoms with Gasteiger partial charge in [-0.05, 0) is 49.0 Å². The van der Waals surface area contributed by atoms with Gasteiger partial charge in [0, 0.05) is 14.3 Å². The van der Waals surface area contributed by atoms with Crippen LogP contribution in [-0.4, -0.2) is 21.5 Å². The first-order chi connectivity index (χ1) is 15.9. The Bertz CT molecular complexity index is 1370. The molecule has 1 fully saturated rings. The summed E-state index contributed by atoms with van der Waals surface area (Å²) in [4.78, 5) is 25.7. The third-order valence-corrected chi connectivity index (χ3v) is 8.63. The molecule has 9 heteroatoms. The SMILES string of the molecule is CC(OC(=O)Nc1sncc1C#Cc1cc2sc(C3(C(=O)O)CC3)cc2s1)c1ccccc1. The van der Waals surface area contributed by atoms with Gasteiger partial charge in [-0.3, -0.25) is 10.1 Å². The molecule has 4 aromatic rings. The number of aliphatic carboxylic acids is 1. The minimum Gasteiger partial charge on any atom is -0.481 e. The van der Waals surface area contributed by atoms with Crippen molar-refractivity contribution >= 4 is 60.7 Å². The van der Waals surface area contributed by atoms with Crippen LogP contribution in [0.15, 0.2) is 48.7 Å². The molecule has 2 N–H and O–H groups in total. The summed E-state index contributed by atoms with van der Waals surface area (Å²) in [5.41, 5.74) is 0.850. The average molecular weight is 495 g/mol. The summed E-state index contributed by atoms with van der Waals surface area (Å²) in [7, 11) is 0. The van der Waals surface area contributed by atoms with Crippen LogP contribution in [0, 0.1) is 11.8 Å². The number of nitrogens with one attached hydrogen (secondary N) is 1. The Morgan fingerprint density at radius 1 is 1.15 bits per heavy atom. The number of carboxylic acids is 1. The highest BCUT2D eigenvalue weighted by Crippen LogP contribution is 2.52. The molecule has 0 spiro atoms.